The van der Waals surface area contributed by atoms with Crippen LogP contribution in [0.25, 0.3) is 0 Å². The molecule has 2 N–H and O–H groups in total. The van der Waals surface area contributed by atoms with Crippen molar-refractivity contribution in [2.45, 2.75) is 51.6 Å². The van der Waals surface area contributed by atoms with Gasteiger partial charge in [0.2, 0.25) is 0 Å². The van der Waals surface area contributed by atoms with Crippen LogP contribution in [-0.4, -0.2) is 31.2 Å². The molecule has 5 heteroatoms. The van der Waals surface area contributed by atoms with Crippen molar-refractivity contribution in [3.63, 3.8) is 0 Å². The molecule has 0 aliphatic carbocycles. The van der Waals surface area contributed by atoms with Gasteiger partial charge >= 0.3 is 11.9 Å². The second kappa shape index (κ2) is 8.67. The Hall–Kier alpha value is -1.88. The summed E-state index contributed by atoms with van der Waals surface area (Å²) in [6.07, 6.45) is 2.31. The lowest BCUT2D eigenvalue weighted by atomic mass is 9.92. The van der Waals surface area contributed by atoms with Crippen LogP contribution in [0.5, 0.6) is 0 Å². The molecule has 0 aromatic heterocycles. The van der Waals surface area contributed by atoms with E-state index in [1.165, 1.54) is 7.11 Å². The molecule has 1 atom stereocenters. The molecular weight excluding hydrogens is 294 g/mol. The maximum atomic E-state index is 12.2. The molecule has 1 aromatic carbocycles. The largest absolute Gasteiger partial charge is 0.469 e. The van der Waals surface area contributed by atoms with E-state index in [9.17, 15) is 9.59 Å². The predicted molar refractivity (Wildman–Crippen MR) is 89.3 cm³/mol. The molecule has 0 radical (unpaired) electrons. The third-order valence-electron chi connectivity index (χ3n) is 3.36. The number of unbranched alkanes of at least 4 members (excludes halogenated alkanes) is 1. The fourth-order valence-electron chi connectivity index (χ4n) is 2.28. The lowest BCUT2D eigenvalue weighted by Gasteiger charge is -2.20. The summed E-state index contributed by atoms with van der Waals surface area (Å²) in [5, 5.41) is 0. The van der Waals surface area contributed by atoms with E-state index in [1.54, 1.807) is 18.2 Å². The molecule has 0 amide bonds. The zero-order chi connectivity index (χ0) is 17.5. The minimum absolute atomic E-state index is 0.302. The first-order valence-electron chi connectivity index (χ1n) is 7.89. The number of carbonyl (C=O) groups excluding carboxylic acids is 2. The monoisotopic (exact) mass is 321 g/mol. The van der Waals surface area contributed by atoms with E-state index in [0.717, 1.165) is 18.4 Å². The molecule has 1 unspecified atom stereocenters. The Morgan fingerprint density at radius 3 is 2.48 bits per heavy atom. The van der Waals surface area contributed by atoms with Gasteiger partial charge in [0.25, 0.3) is 0 Å². The second-order valence-corrected chi connectivity index (χ2v) is 6.49. The van der Waals surface area contributed by atoms with Crippen molar-refractivity contribution >= 4 is 11.9 Å². The van der Waals surface area contributed by atoms with Crippen LogP contribution in [0.3, 0.4) is 0 Å². The molecule has 0 bridgehead atoms. The first kappa shape index (κ1) is 19.2. The van der Waals surface area contributed by atoms with E-state index in [2.05, 4.69) is 0 Å². The fourth-order valence-corrected chi connectivity index (χ4v) is 2.28. The van der Waals surface area contributed by atoms with Gasteiger partial charge in [0.1, 0.15) is 5.60 Å². The minimum atomic E-state index is -0.560. The molecule has 0 spiro atoms. The molecule has 23 heavy (non-hydrogen) atoms. The normalized spacial score (nSPS) is 12.6. The summed E-state index contributed by atoms with van der Waals surface area (Å²) in [7, 11) is 1.37. The van der Waals surface area contributed by atoms with Crippen LogP contribution in [-0.2, 0) is 14.3 Å². The molecular formula is C18H27NO4. The number of rotatable bonds is 7. The average molecular weight is 321 g/mol. The molecule has 5 nitrogen and oxygen atoms in total. The molecule has 1 rings (SSSR count). The van der Waals surface area contributed by atoms with Crippen molar-refractivity contribution in [1.82, 2.24) is 0 Å². The van der Waals surface area contributed by atoms with Gasteiger partial charge in [-0.1, -0.05) is 18.6 Å². The molecule has 1 aromatic rings. The van der Waals surface area contributed by atoms with Crippen LogP contribution >= 0.6 is 0 Å². The second-order valence-electron chi connectivity index (χ2n) is 6.49. The molecule has 128 valence electrons. The Bertz CT molecular complexity index is 534. The number of carbonyl (C=O) groups is 2. The number of ether oxygens (including phenoxy) is 2. The Labute approximate surface area is 138 Å². The van der Waals surface area contributed by atoms with Crippen molar-refractivity contribution in [2.24, 2.45) is 5.73 Å². The van der Waals surface area contributed by atoms with Gasteiger partial charge in [-0.05, 0) is 57.9 Å². The predicted octanol–water partition coefficient (Wildman–Crippen LogP) is 3.03. The van der Waals surface area contributed by atoms with E-state index in [4.69, 9.17) is 15.2 Å². The lowest BCUT2D eigenvalue weighted by Crippen LogP contribution is -2.24. The van der Waals surface area contributed by atoms with Gasteiger partial charge in [0.15, 0.2) is 0 Å². The fraction of sp³-hybridized carbons (Fsp3) is 0.556. The first-order chi connectivity index (χ1) is 10.8. The Kier molecular flexibility index (Phi) is 7.23. The van der Waals surface area contributed by atoms with Crippen molar-refractivity contribution in [2.75, 3.05) is 13.7 Å². The standard InChI is InChI=1S/C18H27NO4/c1-18(2,3)23-16(20)14-9-7-8-13(12-14)15(17(21)22-4)10-5-6-11-19/h7-9,12,15H,5-6,10-11,19H2,1-4H3. The van der Waals surface area contributed by atoms with Crippen molar-refractivity contribution in [1.29, 1.82) is 0 Å². The van der Waals surface area contributed by atoms with Crippen LogP contribution in [0.15, 0.2) is 24.3 Å². The molecule has 0 heterocycles. The SMILES string of the molecule is COC(=O)C(CCCCN)c1cccc(C(=O)OC(C)(C)C)c1. The molecule has 0 aliphatic heterocycles. The van der Waals surface area contributed by atoms with Crippen LogP contribution in [0.4, 0.5) is 0 Å². The van der Waals surface area contributed by atoms with E-state index in [0.29, 0.717) is 18.5 Å². The van der Waals surface area contributed by atoms with Gasteiger partial charge in [-0.3, -0.25) is 4.79 Å². The van der Waals surface area contributed by atoms with E-state index < -0.39 is 17.5 Å². The quantitative estimate of drug-likeness (QED) is 0.617. The summed E-state index contributed by atoms with van der Waals surface area (Å²) in [6, 6.07) is 6.98. The van der Waals surface area contributed by atoms with Crippen LogP contribution in [0.1, 0.15) is 61.9 Å². The smallest absolute Gasteiger partial charge is 0.338 e. The van der Waals surface area contributed by atoms with E-state index in [1.807, 2.05) is 26.8 Å². The highest BCUT2D eigenvalue weighted by Crippen LogP contribution is 2.25. The highest BCUT2D eigenvalue weighted by atomic mass is 16.6. The number of hydrogen-bond acceptors (Lipinski definition) is 5. The maximum absolute atomic E-state index is 12.2. The minimum Gasteiger partial charge on any atom is -0.469 e. The number of hydrogen-bond donors (Lipinski definition) is 1. The summed E-state index contributed by atoms with van der Waals surface area (Å²) >= 11 is 0. The molecule has 0 saturated carbocycles. The van der Waals surface area contributed by atoms with Crippen molar-refractivity contribution in [3.05, 3.63) is 35.4 Å². The van der Waals surface area contributed by atoms with Gasteiger partial charge in [0.05, 0.1) is 18.6 Å². The first-order valence-corrected chi connectivity index (χ1v) is 7.89. The van der Waals surface area contributed by atoms with Crippen LogP contribution in [0, 0.1) is 0 Å². The summed E-state index contributed by atoms with van der Waals surface area (Å²) in [4.78, 5) is 24.2. The lowest BCUT2D eigenvalue weighted by molar-refractivity contribution is -0.142. The molecule has 0 fully saturated rings. The number of nitrogens with two attached hydrogens (primary N) is 1. The Morgan fingerprint density at radius 2 is 1.91 bits per heavy atom. The molecule has 0 aliphatic rings. The van der Waals surface area contributed by atoms with Gasteiger partial charge in [0, 0.05) is 0 Å². The summed E-state index contributed by atoms with van der Waals surface area (Å²) < 4.78 is 10.3. The Morgan fingerprint density at radius 1 is 1.22 bits per heavy atom. The maximum Gasteiger partial charge on any atom is 0.338 e. The van der Waals surface area contributed by atoms with Crippen LogP contribution in [0.2, 0.25) is 0 Å². The van der Waals surface area contributed by atoms with Crippen molar-refractivity contribution in [3.8, 4) is 0 Å². The highest BCUT2D eigenvalue weighted by molar-refractivity contribution is 5.90. The third-order valence-corrected chi connectivity index (χ3v) is 3.36. The highest BCUT2D eigenvalue weighted by Gasteiger charge is 2.23. The summed E-state index contributed by atoms with van der Waals surface area (Å²) in [5.41, 5.74) is 6.14. The topological polar surface area (TPSA) is 78.6 Å². The number of benzene rings is 1. The van der Waals surface area contributed by atoms with Crippen LogP contribution < -0.4 is 5.73 Å². The number of methoxy groups -OCH3 is 1. The average Bonchev–Trinajstić information content (AvgIpc) is 2.49. The van der Waals surface area contributed by atoms with E-state index in [-0.39, 0.29) is 5.97 Å². The van der Waals surface area contributed by atoms with Gasteiger partial charge in [-0.2, -0.15) is 0 Å². The zero-order valence-electron chi connectivity index (χ0n) is 14.4. The van der Waals surface area contributed by atoms with Gasteiger partial charge in [-0.15, -0.1) is 0 Å². The van der Waals surface area contributed by atoms with Crippen molar-refractivity contribution < 1.29 is 19.1 Å². The zero-order valence-corrected chi connectivity index (χ0v) is 14.4. The summed E-state index contributed by atoms with van der Waals surface area (Å²) in [6.45, 7) is 6.04. The molecule has 0 saturated heterocycles. The number of esters is 2. The van der Waals surface area contributed by atoms with E-state index >= 15 is 0 Å². The van der Waals surface area contributed by atoms with Gasteiger partial charge < -0.3 is 15.2 Å². The van der Waals surface area contributed by atoms with Gasteiger partial charge in [-0.25, -0.2) is 4.79 Å². The Balaban J connectivity index is 2.97. The third kappa shape index (κ3) is 6.40. The summed E-state index contributed by atoms with van der Waals surface area (Å²) in [5.74, 6) is -1.10.